The molecule has 102 valence electrons. The molecule has 3 heteroatoms. The normalized spacial score (nSPS) is 14.3. The summed E-state index contributed by atoms with van der Waals surface area (Å²) in [5.41, 5.74) is 1.29. The summed E-state index contributed by atoms with van der Waals surface area (Å²) in [4.78, 5) is 15.9. The van der Waals surface area contributed by atoms with Crippen LogP contribution < -0.4 is 0 Å². The van der Waals surface area contributed by atoms with Crippen molar-refractivity contribution in [3.05, 3.63) is 17.7 Å². The van der Waals surface area contributed by atoms with Crippen LogP contribution in [0.25, 0.3) is 0 Å². The minimum atomic E-state index is 0.103. The molecule has 0 unspecified atom stereocenters. The van der Waals surface area contributed by atoms with Gasteiger partial charge in [-0.25, -0.2) is 4.98 Å². The van der Waals surface area contributed by atoms with E-state index in [4.69, 9.17) is 0 Å². The number of hydrogen-bond acceptors (Lipinski definition) is 2. The van der Waals surface area contributed by atoms with Crippen LogP contribution >= 0.6 is 0 Å². The lowest BCUT2D eigenvalue weighted by Gasteiger charge is -2.06. The molecule has 0 aromatic carbocycles. The van der Waals surface area contributed by atoms with E-state index in [1.807, 2.05) is 27.1 Å². The Morgan fingerprint density at radius 3 is 2.44 bits per heavy atom. The minimum Gasteiger partial charge on any atom is -0.334 e. The van der Waals surface area contributed by atoms with Crippen LogP contribution in [0.1, 0.15) is 64.4 Å². The standard InChI is InChI=1S/C12H18N2O.C3H8/c1-8(2)11(15)6-12-13-7-10(14(12)3)9-4-5-9;1-3-2/h7-9H,4-6H2,1-3H3;3H2,1-2H3. The van der Waals surface area contributed by atoms with Crippen LogP contribution in [0.2, 0.25) is 0 Å². The first-order valence-corrected chi connectivity index (χ1v) is 7.04. The molecule has 0 aliphatic heterocycles. The molecule has 1 saturated carbocycles. The van der Waals surface area contributed by atoms with E-state index in [9.17, 15) is 4.79 Å². The van der Waals surface area contributed by atoms with E-state index in [0.717, 1.165) is 5.82 Å². The topological polar surface area (TPSA) is 34.9 Å². The average Bonchev–Trinajstić information content (AvgIpc) is 3.07. The maximum Gasteiger partial charge on any atom is 0.142 e. The van der Waals surface area contributed by atoms with Gasteiger partial charge in [0.2, 0.25) is 0 Å². The molecule has 0 spiro atoms. The number of imidazole rings is 1. The molecule has 1 aromatic heterocycles. The van der Waals surface area contributed by atoms with Gasteiger partial charge in [-0.2, -0.15) is 0 Å². The van der Waals surface area contributed by atoms with Gasteiger partial charge in [-0.1, -0.05) is 34.1 Å². The van der Waals surface area contributed by atoms with Crippen molar-refractivity contribution in [3.63, 3.8) is 0 Å². The summed E-state index contributed by atoms with van der Waals surface area (Å²) in [5, 5.41) is 0. The van der Waals surface area contributed by atoms with E-state index < -0.39 is 0 Å². The molecule has 0 N–H and O–H groups in total. The Morgan fingerprint density at radius 1 is 1.44 bits per heavy atom. The lowest BCUT2D eigenvalue weighted by Crippen LogP contribution is -2.14. The van der Waals surface area contributed by atoms with Gasteiger partial charge in [-0.3, -0.25) is 4.79 Å². The largest absolute Gasteiger partial charge is 0.334 e. The molecule has 1 aliphatic carbocycles. The number of nitrogens with zero attached hydrogens (tertiary/aromatic N) is 2. The molecule has 18 heavy (non-hydrogen) atoms. The van der Waals surface area contributed by atoms with Gasteiger partial charge < -0.3 is 4.57 Å². The molecule has 1 heterocycles. The molecular weight excluding hydrogens is 224 g/mol. The molecule has 0 bridgehead atoms. The lowest BCUT2D eigenvalue weighted by atomic mass is 10.1. The van der Waals surface area contributed by atoms with Crippen molar-refractivity contribution in [1.29, 1.82) is 0 Å². The number of hydrogen-bond donors (Lipinski definition) is 0. The van der Waals surface area contributed by atoms with Crippen molar-refractivity contribution in [3.8, 4) is 0 Å². The highest BCUT2D eigenvalue weighted by molar-refractivity contribution is 5.81. The predicted octanol–water partition coefficient (Wildman–Crippen LogP) is 3.48. The summed E-state index contributed by atoms with van der Waals surface area (Å²) in [6.07, 6.45) is 6.20. The molecule has 0 saturated heterocycles. The summed E-state index contributed by atoms with van der Waals surface area (Å²) < 4.78 is 2.10. The zero-order valence-corrected chi connectivity index (χ0v) is 12.4. The summed E-state index contributed by atoms with van der Waals surface area (Å²) in [7, 11) is 2.02. The van der Waals surface area contributed by atoms with Gasteiger partial charge in [0, 0.05) is 30.8 Å². The molecule has 0 atom stereocenters. The maximum absolute atomic E-state index is 11.6. The fourth-order valence-electron chi connectivity index (χ4n) is 1.75. The third-order valence-electron chi connectivity index (χ3n) is 3.09. The van der Waals surface area contributed by atoms with E-state index in [1.54, 1.807) is 0 Å². The van der Waals surface area contributed by atoms with E-state index in [0.29, 0.717) is 12.3 Å². The molecule has 0 amide bonds. The number of ketones is 1. The highest BCUT2D eigenvalue weighted by Gasteiger charge is 2.27. The first kappa shape index (κ1) is 14.9. The van der Waals surface area contributed by atoms with Gasteiger partial charge in [0.25, 0.3) is 0 Å². The zero-order valence-electron chi connectivity index (χ0n) is 12.4. The number of rotatable bonds is 4. The van der Waals surface area contributed by atoms with Crippen molar-refractivity contribution in [1.82, 2.24) is 9.55 Å². The number of carbonyl (C=O) groups excluding carboxylic acids is 1. The minimum absolute atomic E-state index is 0.103. The first-order chi connectivity index (χ1) is 8.51. The average molecular weight is 250 g/mol. The van der Waals surface area contributed by atoms with Crippen molar-refractivity contribution in [2.75, 3.05) is 0 Å². The Bertz CT molecular complexity index is 389. The van der Waals surface area contributed by atoms with Crippen molar-refractivity contribution >= 4 is 5.78 Å². The van der Waals surface area contributed by atoms with Crippen LogP contribution in [0.5, 0.6) is 0 Å². The number of Topliss-reactive ketones (excluding diaryl/α,β-unsaturated/α-hetero) is 1. The fraction of sp³-hybridized carbons (Fsp3) is 0.733. The van der Waals surface area contributed by atoms with Gasteiger partial charge in [0.15, 0.2) is 0 Å². The van der Waals surface area contributed by atoms with Crippen molar-refractivity contribution in [2.24, 2.45) is 13.0 Å². The van der Waals surface area contributed by atoms with E-state index in [1.165, 1.54) is 25.0 Å². The van der Waals surface area contributed by atoms with E-state index >= 15 is 0 Å². The van der Waals surface area contributed by atoms with Crippen LogP contribution in [0, 0.1) is 5.92 Å². The predicted molar refractivity (Wildman–Crippen MR) is 74.7 cm³/mol. The third-order valence-corrected chi connectivity index (χ3v) is 3.09. The summed E-state index contributed by atoms with van der Waals surface area (Å²) in [5.74, 6) is 1.98. The second-order valence-electron chi connectivity index (χ2n) is 5.44. The number of aromatic nitrogens is 2. The van der Waals surface area contributed by atoms with Crippen LogP contribution in [0.3, 0.4) is 0 Å². The second kappa shape index (κ2) is 6.72. The number of carbonyl (C=O) groups is 1. The summed E-state index contributed by atoms with van der Waals surface area (Å²) in [6, 6.07) is 0. The molecule has 1 aromatic rings. The van der Waals surface area contributed by atoms with Gasteiger partial charge in [0.1, 0.15) is 11.6 Å². The molecule has 2 rings (SSSR count). The Labute approximate surface area is 111 Å². The smallest absolute Gasteiger partial charge is 0.142 e. The molecule has 0 radical (unpaired) electrons. The van der Waals surface area contributed by atoms with Gasteiger partial charge in [0.05, 0.1) is 6.42 Å². The van der Waals surface area contributed by atoms with Crippen LogP contribution in [-0.2, 0) is 18.3 Å². The van der Waals surface area contributed by atoms with E-state index in [-0.39, 0.29) is 11.7 Å². The Morgan fingerprint density at radius 2 is 2.00 bits per heavy atom. The Balaban J connectivity index is 0.000000492. The first-order valence-electron chi connectivity index (χ1n) is 7.04. The Hall–Kier alpha value is -1.12. The molecule has 1 aliphatic rings. The Kier molecular flexibility index (Phi) is 5.57. The highest BCUT2D eigenvalue weighted by Crippen LogP contribution is 2.39. The van der Waals surface area contributed by atoms with E-state index in [2.05, 4.69) is 23.4 Å². The van der Waals surface area contributed by atoms with Crippen molar-refractivity contribution < 1.29 is 4.79 Å². The highest BCUT2D eigenvalue weighted by atomic mass is 16.1. The summed E-state index contributed by atoms with van der Waals surface area (Å²) in [6.45, 7) is 8.13. The molecular formula is C15H26N2O. The monoisotopic (exact) mass is 250 g/mol. The van der Waals surface area contributed by atoms with Gasteiger partial charge in [-0.05, 0) is 12.8 Å². The fourth-order valence-corrected chi connectivity index (χ4v) is 1.75. The van der Waals surface area contributed by atoms with Gasteiger partial charge >= 0.3 is 0 Å². The zero-order chi connectivity index (χ0) is 13.7. The summed E-state index contributed by atoms with van der Waals surface area (Å²) >= 11 is 0. The van der Waals surface area contributed by atoms with Gasteiger partial charge in [-0.15, -0.1) is 0 Å². The lowest BCUT2D eigenvalue weighted by molar-refractivity contribution is -0.121. The second-order valence-corrected chi connectivity index (χ2v) is 5.44. The quantitative estimate of drug-likeness (QED) is 0.820. The van der Waals surface area contributed by atoms with Crippen LogP contribution in [-0.4, -0.2) is 15.3 Å². The molecule has 3 nitrogen and oxygen atoms in total. The maximum atomic E-state index is 11.6. The molecule has 1 fully saturated rings. The van der Waals surface area contributed by atoms with Crippen molar-refractivity contribution in [2.45, 2.75) is 59.3 Å². The van der Waals surface area contributed by atoms with Crippen LogP contribution in [0.15, 0.2) is 6.20 Å². The van der Waals surface area contributed by atoms with Crippen LogP contribution in [0.4, 0.5) is 0 Å². The SMILES string of the molecule is CC(C)C(=O)Cc1ncc(C2CC2)n1C.CCC. The third kappa shape index (κ3) is 3.97.